The maximum Gasteiger partial charge on any atom is 0.164 e. The van der Waals surface area contributed by atoms with Crippen LogP contribution in [0.2, 0.25) is 5.15 Å². The number of nitrogens with zero attached hydrogens (tertiary/aromatic N) is 2. The van der Waals surface area contributed by atoms with E-state index in [0.29, 0.717) is 11.0 Å². The predicted octanol–water partition coefficient (Wildman–Crippen LogP) is 3.66. The number of furan rings is 1. The zero-order chi connectivity index (χ0) is 11.7. The van der Waals surface area contributed by atoms with Gasteiger partial charge in [-0.15, -0.1) is 0 Å². The summed E-state index contributed by atoms with van der Waals surface area (Å²) in [5.41, 5.74) is 3.13. The van der Waals surface area contributed by atoms with Crippen LogP contribution in [-0.2, 0) is 12.8 Å². The van der Waals surface area contributed by atoms with Crippen LogP contribution in [0.4, 0.5) is 0 Å². The second kappa shape index (κ2) is 4.49. The number of halogens is 1. The molecule has 0 unspecified atom stereocenters. The SMILES string of the molecule is Clc1nc(-c2ccoc2)nc2c1CCCCC2. The van der Waals surface area contributed by atoms with E-state index in [4.69, 9.17) is 16.0 Å². The Morgan fingerprint density at radius 1 is 1.12 bits per heavy atom. The van der Waals surface area contributed by atoms with Gasteiger partial charge in [0.15, 0.2) is 5.82 Å². The van der Waals surface area contributed by atoms with Gasteiger partial charge in [0.2, 0.25) is 0 Å². The van der Waals surface area contributed by atoms with Crippen LogP contribution in [0.3, 0.4) is 0 Å². The first-order valence-electron chi connectivity index (χ1n) is 5.92. The van der Waals surface area contributed by atoms with E-state index in [-0.39, 0.29) is 0 Å². The van der Waals surface area contributed by atoms with Crippen molar-refractivity contribution in [1.82, 2.24) is 9.97 Å². The Kier molecular flexibility index (Phi) is 2.85. The van der Waals surface area contributed by atoms with Crippen molar-refractivity contribution in [2.75, 3.05) is 0 Å². The molecule has 0 amide bonds. The Labute approximate surface area is 105 Å². The fourth-order valence-electron chi connectivity index (χ4n) is 2.25. The molecule has 0 saturated carbocycles. The minimum atomic E-state index is 0.605. The van der Waals surface area contributed by atoms with Gasteiger partial charge < -0.3 is 4.42 Å². The van der Waals surface area contributed by atoms with E-state index >= 15 is 0 Å². The van der Waals surface area contributed by atoms with Gasteiger partial charge in [-0.3, -0.25) is 0 Å². The topological polar surface area (TPSA) is 38.9 Å². The van der Waals surface area contributed by atoms with E-state index in [2.05, 4.69) is 9.97 Å². The molecular weight excluding hydrogens is 236 g/mol. The minimum absolute atomic E-state index is 0.605. The number of hydrogen-bond donors (Lipinski definition) is 0. The maximum atomic E-state index is 6.26. The van der Waals surface area contributed by atoms with Crippen LogP contribution >= 0.6 is 11.6 Å². The van der Waals surface area contributed by atoms with E-state index in [0.717, 1.165) is 29.7 Å². The van der Waals surface area contributed by atoms with Crippen molar-refractivity contribution in [2.45, 2.75) is 32.1 Å². The van der Waals surface area contributed by atoms with E-state index in [9.17, 15) is 0 Å². The Morgan fingerprint density at radius 2 is 2.00 bits per heavy atom. The second-order valence-corrected chi connectivity index (χ2v) is 4.69. The summed E-state index contributed by atoms with van der Waals surface area (Å²) in [6.07, 6.45) is 8.88. The molecule has 3 rings (SSSR count). The third kappa shape index (κ3) is 2.07. The minimum Gasteiger partial charge on any atom is -0.472 e. The third-order valence-electron chi connectivity index (χ3n) is 3.16. The fraction of sp³-hybridized carbons (Fsp3) is 0.385. The van der Waals surface area contributed by atoms with Crippen LogP contribution in [0.15, 0.2) is 23.0 Å². The molecule has 2 aromatic rings. The molecule has 0 fully saturated rings. The summed E-state index contributed by atoms with van der Waals surface area (Å²) in [7, 11) is 0. The number of hydrogen-bond acceptors (Lipinski definition) is 3. The Balaban J connectivity index is 2.09. The maximum absolute atomic E-state index is 6.26. The highest BCUT2D eigenvalue weighted by molar-refractivity contribution is 6.30. The first-order chi connectivity index (χ1) is 8.34. The molecule has 0 bridgehead atoms. The molecule has 0 aromatic carbocycles. The van der Waals surface area contributed by atoms with Crippen molar-refractivity contribution in [3.05, 3.63) is 35.0 Å². The number of aromatic nitrogens is 2. The molecule has 2 aromatic heterocycles. The lowest BCUT2D eigenvalue weighted by Crippen LogP contribution is -2.01. The van der Waals surface area contributed by atoms with E-state index in [1.165, 1.54) is 19.3 Å². The molecule has 4 heteroatoms. The standard InChI is InChI=1S/C13H13ClN2O/c14-12-10-4-2-1-3-5-11(10)15-13(16-12)9-6-7-17-8-9/h6-8H,1-5H2. The van der Waals surface area contributed by atoms with Gasteiger partial charge in [-0.25, -0.2) is 9.97 Å². The van der Waals surface area contributed by atoms with Gasteiger partial charge in [0.05, 0.1) is 11.8 Å². The molecule has 0 atom stereocenters. The summed E-state index contributed by atoms with van der Waals surface area (Å²) in [6, 6.07) is 1.86. The summed E-state index contributed by atoms with van der Waals surface area (Å²) >= 11 is 6.26. The molecule has 0 N–H and O–H groups in total. The summed E-state index contributed by atoms with van der Waals surface area (Å²) in [6.45, 7) is 0. The van der Waals surface area contributed by atoms with E-state index in [1.54, 1.807) is 12.5 Å². The van der Waals surface area contributed by atoms with Gasteiger partial charge in [-0.05, 0) is 31.7 Å². The molecule has 1 aliphatic carbocycles. The van der Waals surface area contributed by atoms with Crippen molar-refractivity contribution in [3.8, 4) is 11.4 Å². The zero-order valence-corrected chi connectivity index (χ0v) is 10.2. The lowest BCUT2D eigenvalue weighted by molar-refractivity contribution is 0.568. The molecule has 0 radical (unpaired) electrons. The molecular formula is C13H13ClN2O. The largest absolute Gasteiger partial charge is 0.472 e. The number of aryl methyl sites for hydroxylation is 1. The summed E-state index contributed by atoms with van der Waals surface area (Å²) in [5.74, 6) is 0.671. The van der Waals surface area contributed by atoms with Crippen molar-refractivity contribution >= 4 is 11.6 Å². The van der Waals surface area contributed by atoms with Crippen LogP contribution < -0.4 is 0 Å². The van der Waals surface area contributed by atoms with Crippen molar-refractivity contribution in [2.24, 2.45) is 0 Å². The highest BCUT2D eigenvalue weighted by Crippen LogP contribution is 2.27. The molecule has 0 aliphatic heterocycles. The zero-order valence-electron chi connectivity index (χ0n) is 9.45. The van der Waals surface area contributed by atoms with Gasteiger partial charge in [-0.1, -0.05) is 18.0 Å². The molecule has 0 spiro atoms. The van der Waals surface area contributed by atoms with Gasteiger partial charge >= 0.3 is 0 Å². The monoisotopic (exact) mass is 248 g/mol. The first kappa shape index (κ1) is 10.8. The number of rotatable bonds is 1. The summed E-state index contributed by atoms with van der Waals surface area (Å²) in [5, 5.41) is 0.605. The molecule has 3 nitrogen and oxygen atoms in total. The normalized spacial score (nSPS) is 15.4. The van der Waals surface area contributed by atoms with Gasteiger partial charge in [0.25, 0.3) is 0 Å². The van der Waals surface area contributed by atoms with Crippen LogP contribution in [0, 0.1) is 0 Å². The van der Waals surface area contributed by atoms with Crippen LogP contribution in [0.1, 0.15) is 30.5 Å². The summed E-state index contributed by atoms with van der Waals surface area (Å²) < 4.78 is 5.05. The second-order valence-electron chi connectivity index (χ2n) is 4.34. The van der Waals surface area contributed by atoms with E-state index in [1.807, 2.05) is 6.07 Å². The van der Waals surface area contributed by atoms with Crippen LogP contribution in [-0.4, -0.2) is 9.97 Å². The number of fused-ring (bicyclic) bond motifs is 1. The Bertz CT molecular complexity index is 522. The third-order valence-corrected chi connectivity index (χ3v) is 3.47. The molecule has 88 valence electrons. The van der Waals surface area contributed by atoms with Crippen LogP contribution in [0.25, 0.3) is 11.4 Å². The van der Waals surface area contributed by atoms with Crippen molar-refractivity contribution in [3.63, 3.8) is 0 Å². The molecule has 17 heavy (non-hydrogen) atoms. The fourth-order valence-corrected chi connectivity index (χ4v) is 2.53. The average molecular weight is 249 g/mol. The first-order valence-corrected chi connectivity index (χ1v) is 6.30. The summed E-state index contributed by atoms with van der Waals surface area (Å²) in [4.78, 5) is 8.99. The van der Waals surface area contributed by atoms with Gasteiger partial charge in [0, 0.05) is 11.3 Å². The van der Waals surface area contributed by atoms with Gasteiger partial charge in [0.1, 0.15) is 11.4 Å². The van der Waals surface area contributed by atoms with Crippen LogP contribution in [0.5, 0.6) is 0 Å². The van der Waals surface area contributed by atoms with Gasteiger partial charge in [-0.2, -0.15) is 0 Å². The predicted molar refractivity (Wildman–Crippen MR) is 66.0 cm³/mol. The Hall–Kier alpha value is -1.35. The lowest BCUT2D eigenvalue weighted by atomic mass is 10.1. The highest BCUT2D eigenvalue weighted by atomic mass is 35.5. The smallest absolute Gasteiger partial charge is 0.164 e. The van der Waals surface area contributed by atoms with E-state index < -0.39 is 0 Å². The van der Waals surface area contributed by atoms with Crippen molar-refractivity contribution < 1.29 is 4.42 Å². The lowest BCUT2D eigenvalue weighted by Gasteiger charge is -2.08. The van der Waals surface area contributed by atoms with Crippen molar-refractivity contribution in [1.29, 1.82) is 0 Å². The Morgan fingerprint density at radius 3 is 2.82 bits per heavy atom. The average Bonchev–Trinajstić information content (AvgIpc) is 2.75. The quantitative estimate of drug-likeness (QED) is 0.571. The molecule has 2 heterocycles. The molecule has 1 aliphatic rings. The highest BCUT2D eigenvalue weighted by Gasteiger charge is 2.16. The molecule has 0 saturated heterocycles.